The Morgan fingerprint density at radius 1 is 1.05 bits per heavy atom. The molecule has 0 saturated carbocycles. The number of unbranched alkanes of at least 4 members (excludes halogenated alkanes) is 2. The van der Waals surface area contributed by atoms with Crippen LogP contribution < -0.4 is 0 Å². The van der Waals surface area contributed by atoms with E-state index < -0.39 is 11.9 Å². The summed E-state index contributed by atoms with van der Waals surface area (Å²) in [6, 6.07) is 1.62. The Labute approximate surface area is 119 Å². The summed E-state index contributed by atoms with van der Waals surface area (Å²) in [6.45, 7) is 6.85. The second kappa shape index (κ2) is 8.40. The minimum atomic E-state index is -0.482. The number of hydrogen-bond donors (Lipinski definition) is 0. The van der Waals surface area contributed by atoms with Crippen molar-refractivity contribution in [3.63, 3.8) is 0 Å². The summed E-state index contributed by atoms with van der Waals surface area (Å²) < 4.78 is 11.8. The van der Waals surface area contributed by atoms with Gasteiger partial charge in [-0.25, -0.2) is 9.59 Å². The third kappa shape index (κ3) is 4.11. The Bertz CT molecular complexity index is 451. The molecule has 0 spiro atoms. The molecule has 0 saturated heterocycles. The van der Waals surface area contributed by atoms with Crippen LogP contribution in [0.5, 0.6) is 0 Å². The van der Waals surface area contributed by atoms with Crippen molar-refractivity contribution in [3.05, 3.63) is 23.5 Å². The maximum atomic E-state index is 12.0. The van der Waals surface area contributed by atoms with E-state index in [0.29, 0.717) is 12.2 Å². The number of nitrogens with zero attached hydrogens (tertiary/aromatic N) is 1. The van der Waals surface area contributed by atoms with Crippen LogP contribution in [0.15, 0.2) is 12.3 Å². The lowest BCUT2D eigenvalue weighted by atomic mass is 10.2. The fourth-order valence-corrected chi connectivity index (χ4v) is 1.99. The number of rotatable bonds is 8. The first-order chi connectivity index (χ1) is 9.65. The Morgan fingerprint density at radius 2 is 1.70 bits per heavy atom. The first kappa shape index (κ1) is 16.3. The van der Waals surface area contributed by atoms with Crippen molar-refractivity contribution >= 4 is 11.9 Å². The van der Waals surface area contributed by atoms with E-state index >= 15 is 0 Å². The van der Waals surface area contributed by atoms with Crippen molar-refractivity contribution in [1.82, 2.24) is 4.57 Å². The molecule has 0 N–H and O–H groups in total. The van der Waals surface area contributed by atoms with E-state index in [1.165, 1.54) is 0 Å². The molecule has 1 aromatic rings. The number of aromatic nitrogens is 1. The van der Waals surface area contributed by atoms with Gasteiger partial charge in [0.1, 0.15) is 5.69 Å². The molecule has 0 aliphatic rings. The van der Waals surface area contributed by atoms with Crippen LogP contribution in [0.3, 0.4) is 0 Å². The van der Waals surface area contributed by atoms with E-state index in [1.807, 2.05) is 0 Å². The minimum absolute atomic E-state index is 0.279. The van der Waals surface area contributed by atoms with E-state index in [2.05, 4.69) is 6.92 Å². The molecule has 0 fully saturated rings. The van der Waals surface area contributed by atoms with E-state index in [0.717, 1.165) is 19.3 Å². The van der Waals surface area contributed by atoms with Crippen LogP contribution in [0, 0.1) is 0 Å². The van der Waals surface area contributed by atoms with E-state index in [-0.39, 0.29) is 18.8 Å². The molecule has 0 aliphatic heterocycles. The normalized spacial score (nSPS) is 10.3. The van der Waals surface area contributed by atoms with Gasteiger partial charge in [0.25, 0.3) is 0 Å². The van der Waals surface area contributed by atoms with Gasteiger partial charge in [0.05, 0.1) is 18.8 Å². The molecule has 1 rings (SSSR count). The second-order valence-electron chi connectivity index (χ2n) is 4.42. The molecule has 0 aromatic carbocycles. The highest BCUT2D eigenvalue weighted by molar-refractivity contribution is 6.02. The van der Waals surface area contributed by atoms with Crippen molar-refractivity contribution in [1.29, 1.82) is 0 Å². The van der Waals surface area contributed by atoms with E-state index in [9.17, 15) is 9.59 Å². The summed E-state index contributed by atoms with van der Waals surface area (Å²) in [4.78, 5) is 23.9. The fourth-order valence-electron chi connectivity index (χ4n) is 1.99. The topological polar surface area (TPSA) is 57.5 Å². The van der Waals surface area contributed by atoms with Gasteiger partial charge in [-0.15, -0.1) is 0 Å². The number of carbonyl (C=O) groups excluding carboxylic acids is 2. The molecule has 5 nitrogen and oxygen atoms in total. The summed E-state index contributed by atoms with van der Waals surface area (Å²) in [5.41, 5.74) is 0.572. The third-order valence-corrected chi connectivity index (χ3v) is 2.93. The summed E-state index contributed by atoms with van der Waals surface area (Å²) in [5.74, 6) is -0.957. The van der Waals surface area contributed by atoms with Crippen LogP contribution in [0.1, 0.15) is 60.9 Å². The monoisotopic (exact) mass is 281 g/mol. The van der Waals surface area contributed by atoms with Crippen molar-refractivity contribution in [3.8, 4) is 0 Å². The largest absolute Gasteiger partial charge is 0.462 e. The molecule has 0 aliphatic carbocycles. The summed E-state index contributed by atoms with van der Waals surface area (Å²) in [5, 5.41) is 0. The van der Waals surface area contributed by atoms with Gasteiger partial charge >= 0.3 is 11.9 Å². The van der Waals surface area contributed by atoms with Gasteiger partial charge in [0, 0.05) is 12.7 Å². The van der Waals surface area contributed by atoms with Gasteiger partial charge in [-0.05, 0) is 26.3 Å². The van der Waals surface area contributed by atoms with Gasteiger partial charge < -0.3 is 14.0 Å². The zero-order chi connectivity index (χ0) is 15.0. The molecule has 0 amide bonds. The van der Waals surface area contributed by atoms with Gasteiger partial charge in [0.2, 0.25) is 0 Å². The average Bonchev–Trinajstić information content (AvgIpc) is 2.83. The highest BCUT2D eigenvalue weighted by atomic mass is 16.5. The zero-order valence-corrected chi connectivity index (χ0v) is 12.5. The Balaban J connectivity index is 2.99. The smallest absolute Gasteiger partial charge is 0.355 e. The van der Waals surface area contributed by atoms with Crippen LogP contribution >= 0.6 is 0 Å². The number of aryl methyl sites for hydroxylation is 1. The first-order valence-electron chi connectivity index (χ1n) is 7.19. The van der Waals surface area contributed by atoms with Gasteiger partial charge in [-0.1, -0.05) is 19.8 Å². The molecule has 0 unspecified atom stereocenters. The number of ether oxygens (including phenoxy) is 2. The molecular weight excluding hydrogens is 258 g/mol. The fraction of sp³-hybridized carbons (Fsp3) is 0.600. The SMILES string of the molecule is CCCCCn1ccc(C(=O)OCC)c1C(=O)OCC. The quantitative estimate of drug-likeness (QED) is 0.543. The zero-order valence-electron chi connectivity index (χ0n) is 12.5. The van der Waals surface area contributed by atoms with Crippen LogP contribution in [0.2, 0.25) is 0 Å². The van der Waals surface area contributed by atoms with Crippen molar-refractivity contribution in [2.24, 2.45) is 0 Å². The maximum absolute atomic E-state index is 12.0. The molecule has 1 aromatic heterocycles. The molecule has 0 radical (unpaired) electrons. The highest BCUT2D eigenvalue weighted by Crippen LogP contribution is 2.16. The van der Waals surface area contributed by atoms with E-state index in [4.69, 9.17) is 9.47 Å². The number of esters is 2. The molecular formula is C15H23NO4. The van der Waals surface area contributed by atoms with Gasteiger partial charge in [-0.2, -0.15) is 0 Å². The molecule has 0 bridgehead atoms. The van der Waals surface area contributed by atoms with Crippen LogP contribution in [-0.2, 0) is 16.0 Å². The minimum Gasteiger partial charge on any atom is -0.462 e. The second-order valence-corrected chi connectivity index (χ2v) is 4.42. The number of carbonyl (C=O) groups is 2. The van der Waals surface area contributed by atoms with Crippen LogP contribution in [0.25, 0.3) is 0 Å². The molecule has 0 atom stereocenters. The lowest BCUT2D eigenvalue weighted by Gasteiger charge is -2.10. The molecule has 5 heteroatoms. The highest BCUT2D eigenvalue weighted by Gasteiger charge is 2.23. The first-order valence-corrected chi connectivity index (χ1v) is 7.19. The van der Waals surface area contributed by atoms with Crippen molar-refractivity contribution < 1.29 is 19.1 Å². The van der Waals surface area contributed by atoms with Crippen molar-refractivity contribution in [2.45, 2.75) is 46.6 Å². The Morgan fingerprint density at radius 3 is 2.30 bits per heavy atom. The number of hydrogen-bond acceptors (Lipinski definition) is 4. The summed E-state index contributed by atoms with van der Waals surface area (Å²) in [7, 11) is 0. The maximum Gasteiger partial charge on any atom is 0.355 e. The lowest BCUT2D eigenvalue weighted by molar-refractivity contribution is 0.0470. The lowest BCUT2D eigenvalue weighted by Crippen LogP contribution is -2.17. The molecule has 1 heterocycles. The summed E-state index contributed by atoms with van der Waals surface area (Å²) >= 11 is 0. The molecule has 20 heavy (non-hydrogen) atoms. The Kier molecular flexibility index (Phi) is 6.84. The summed E-state index contributed by atoms with van der Waals surface area (Å²) in [6.07, 6.45) is 4.88. The van der Waals surface area contributed by atoms with Gasteiger partial charge in [0.15, 0.2) is 0 Å². The van der Waals surface area contributed by atoms with Crippen LogP contribution in [-0.4, -0.2) is 29.7 Å². The van der Waals surface area contributed by atoms with Crippen molar-refractivity contribution in [2.75, 3.05) is 13.2 Å². The van der Waals surface area contributed by atoms with Crippen LogP contribution in [0.4, 0.5) is 0 Å². The van der Waals surface area contributed by atoms with E-state index in [1.54, 1.807) is 30.7 Å². The standard InChI is InChI=1S/C15H23NO4/c1-4-7-8-10-16-11-9-12(14(17)19-5-2)13(16)15(18)20-6-3/h9,11H,4-8,10H2,1-3H3. The molecule has 112 valence electrons. The Hall–Kier alpha value is -1.78. The average molecular weight is 281 g/mol. The predicted octanol–water partition coefficient (Wildman–Crippen LogP) is 3.03. The predicted molar refractivity (Wildman–Crippen MR) is 75.9 cm³/mol. The van der Waals surface area contributed by atoms with Gasteiger partial charge in [-0.3, -0.25) is 0 Å². The third-order valence-electron chi connectivity index (χ3n) is 2.93.